The lowest BCUT2D eigenvalue weighted by atomic mass is 9.97. The number of benzene rings is 3. The number of fused-ring (bicyclic) bond motifs is 5. The van der Waals surface area contributed by atoms with E-state index in [1.807, 2.05) is 0 Å². The number of aliphatic carboxylic acids is 3. The Morgan fingerprint density at radius 2 is 1.10 bits per heavy atom. The molecule has 45 nitrogen and oxygen atoms in total. The summed E-state index contributed by atoms with van der Waals surface area (Å²) in [7, 11) is 2.57. The molecule has 0 radical (unpaired) electrons. The van der Waals surface area contributed by atoms with E-state index >= 15 is 47.9 Å². The van der Waals surface area contributed by atoms with Gasteiger partial charge in [0.1, 0.15) is 96.9 Å². The van der Waals surface area contributed by atoms with Crippen molar-refractivity contribution in [1.29, 1.82) is 0 Å². The monoisotopic (exact) mass is 1950 g/mol. The number of aromatic nitrogens is 2. The van der Waals surface area contributed by atoms with Crippen LogP contribution in [0.25, 0.3) is 21.8 Å². The van der Waals surface area contributed by atoms with Gasteiger partial charge in [-0.2, -0.15) is 0 Å². The van der Waals surface area contributed by atoms with E-state index in [-0.39, 0.29) is 95.2 Å². The summed E-state index contributed by atoms with van der Waals surface area (Å²) in [5.74, 6) is -21.7. The summed E-state index contributed by atoms with van der Waals surface area (Å²) in [5.41, 5.74) is 14.0. The van der Waals surface area contributed by atoms with Crippen LogP contribution in [0.2, 0.25) is 0 Å². The lowest BCUT2D eigenvalue weighted by molar-refractivity contribution is -0.149. The smallest absolute Gasteiger partial charge is 0.323 e. The van der Waals surface area contributed by atoms with Gasteiger partial charge in [-0.15, -0.1) is 11.8 Å². The van der Waals surface area contributed by atoms with E-state index in [1.54, 1.807) is 62.4 Å². The van der Waals surface area contributed by atoms with Crippen molar-refractivity contribution in [2.24, 2.45) is 16.5 Å². The van der Waals surface area contributed by atoms with Crippen LogP contribution in [0.5, 0.6) is 5.75 Å². The van der Waals surface area contributed by atoms with Gasteiger partial charge in [-0.05, 0) is 117 Å². The number of primary amides is 1. The number of para-hydroxylation sites is 2. The fourth-order valence-corrected chi connectivity index (χ4v) is 18.7. The number of hydrogen-bond acceptors (Lipinski definition) is 25. The molecule has 0 saturated carbocycles. The number of phenolic OH excluding ortho intramolecular Hbond substituents is 1. The fraction of sp³-hybridized carbons (Fsp3) is 0.527. The van der Waals surface area contributed by atoms with Crippen molar-refractivity contribution >= 4 is 152 Å². The van der Waals surface area contributed by atoms with Crippen molar-refractivity contribution in [3.63, 3.8) is 0 Å². The summed E-state index contributed by atoms with van der Waals surface area (Å²) in [6.45, 7) is -0.113. The Morgan fingerprint density at radius 1 is 0.540 bits per heavy atom. The van der Waals surface area contributed by atoms with Crippen molar-refractivity contribution in [2.75, 3.05) is 64.9 Å². The highest BCUT2D eigenvalue weighted by Gasteiger charge is 2.48. The van der Waals surface area contributed by atoms with E-state index in [1.165, 1.54) is 67.7 Å². The molecule has 139 heavy (non-hydrogen) atoms. The number of carbonyl (C=O) groups excluding carboxylic acids is 16. The fourth-order valence-electron chi connectivity index (χ4n) is 17.9. The number of nitrogens with zero attached hydrogens (tertiary/aromatic N) is 7. The van der Waals surface area contributed by atoms with Crippen molar-refractivity contribution in [2.45, 2.75) is 246 Å². The SMILES string of the molecule is CCCC[C@H]1C(=O)N(C)[C@@H](CCCC)C(=O)N[C@@H](CCN)C(=O)N[C@H](C(=O)NCC(N)=O)CSCC(=O)N[C@@H](Cc2ccc(O)cc2)C(=O)N2CCCC[C@H]2C(=O)N[C@@H](CC(=O)O)C(=O)N2CCC[C@H]2C(=O)N[C@@H](CC2=CN=CC2)C(=O)N[C@@H](CCC(=O)O)C(=O)N2C[C@H](O)C[C@H]2C(=O)N[C@@H](Cc2c[nH]c3ccccc23)C(=O)N[C@@H](CO)C(=O)N[C@@H](Cc2cn(CC(=O)O)c3ccccc23)C(=O)N1C. The zero-order valence-corrected chi connectivity index (χ0v) is 78.6. The number of nitrogens with two attached hydrogens (primary N) is 2. The van der Waals surface area contributed by atoms with Crippen LogP contribution in [-0.2, 0) is 117 Å². The van der Waals surface area contributed by atoms with Crippen LogP contribution in [0.15, 0.2) is 102 Å². The first-order chi connectivity index (χ1) is 66.4. The number of phenols is 1. The highest BCUT2D eigenvalue weighted by molar-refractivity contribution is 8.00. The molecule has 10 rings (SSSR count). The molecule has 0 spiro atoms. The van der Waals surface area contributed by atoms with Crippen molar-refractivity contribution < 1.29 is 122 Å². The maximum Gasteiger partial charge on any atom is 0.323 e. The number of carboxylic acids is 3. The van der Waals surface area contributed by atoms with Crippen LogP contribution in [0.3, 0.4) is 0 Å². The molecular formula is C93H124N20O25S. The predicted octanol–water partition coefficient (Wildman–Crippen LogP) is -2.55. The van der Waals surface area contributed by atoms with Crippen LogP contribution >= 0.6 is 11.8 Å². The van der Waals surface area contributed by atoms with Gasteiger partial charge < -0.3 is 129 Å². The van der Waals surface area contributed by atoms with Gasteiger partial charge in [-0.1, -0.05) is 88.1 Å². The quantitative estimate of drug-likeness (QED) is 0.0257. The van der Waals surface area contributed by atoms with Gasteiger partial charge in [0.15, 0.2) is 0 Å². The number of thioether (sulfide) groups is 1. The third-order valence-electron chi connectivity index (χ3n) is 25.2. The zero-order valence-electron chi connectivity index (χ0n) is 77.7. The summed E-state index contributed by atoms with van der Waals surface area (Å²) in [4.78, 5) is 288. The van der Waals surface area contributed by atoms with Gasteiger partial charge in [-0.25, -0.2) is 0 Å². The molecule has 15 atom stereocenters. The lowest BCUT2D eigenvalue weighted by Gasteiger charge is -2.38. The molecule has 3 aromatic carbocycles. The van der Waals surface area contributed by atoms with E-state index in [0.717, 1.165) is 36.3 Å². The zero-order chi connectivity index (χ0) is 101. The van der Waals surface area contributed by atoms with Crippen molar-refractivity contribution in [1.82, 2.24) is 87.2 Å². The predicted molar refractivity (Wildman–Crippen MR) is 502 cm³/mol. The first kappa shape index (κ1) is 107. The summed E-state index contributed by atoms with van der Waals surface area (Å²) in [6, 6.07) is -4.38. The maximum absolute atomic E-state index is 15.9. The van der Waals surface area contributed by atoms with Crippen molar-refractivity contribution in [3.05, 3.63) is 114 Å². The summed E-state index contributed by atoms with van der Waals surface area (Å²) in [5, 5.41) is 90.4. The van der Waals surface area contributed by atoms with Crippen LogP contribution in [0, 0.1) is 0 Å². The van der Waals surface area contributed by atoms with E-state index in [0.29, 0.717) is 70.6 Å². The number of likely N-dealkylation sites (N-methyl/N-ethyl adjacent to an activating group) is 2. The highest BCUT2D eigenvalue weighted by Crippen LogP contribution is 2.30. The Morgan fingerprint density at radius 3 is 1.74 bits per heavy atom. The number of amides is 16. The van der Waals surface area contributed by atoms with Crippen LogP contribution in [-0.4, -0.2) is 339 Å². The minimum absolute atomic E-state index is 0.0546. The number of carbonyl (C=O) groups is 19. The number of piperidine rings is 1. The number of aromatic amines is 1. The molecule has 5 aliphatic rings. The molecule has 5 aliphatic heterocycles. The normalized spacial score (nSPS) is 25.2. The average molecular weight is 1950 g/mol. The molecular weight excluding hydrogens is 1830 g/mol. The van der Waals surface area contributed by atoms with E-state index in [4.69, 9.17) is 11.5 Å². The molecule has 4 saturated heterocycles. The van der Waals surface area contributed by atoms with E-state index in [2.05, 4.69) is 63.1 Å². The molecule has 21 N–H and O–H groups in total. The Labute approximate surface area is 804 Å². The molecule has 16 amide bonds. The number of rotatable bonds is 27. The first-order valence-electron chi connectivity index (χ1n) is 46.5. The number of aliphatic hydroxyl groups excluding tert-OH is 2. The van der Waals surface area contributed by atoms with Gasteiger partial charge in [-0.3, -0.25) is 96.1 Å². The van der Waals surface area contributed by atoms with Gasteiger partial charge >= 0.3 is 17.9 Å². The molecule has 4 fully saturated rings. The number of unbranched alkanes of at least 4 members (excludes halogenated alkanes) is 2. The minimum atomic E-state index is -2.01. The number of H-pyrrole nitrogens is 1. The third kappa shape index (κ3) is 29.1. The number of hydrogen-bond donors (Lipinski definition) is 19. The second-order valence-corrected chi connectivity index (χ2v) is 36.3. The van der Waals surface area contributed by atoms with Gasteiger partial charge in [0.05, 0.1) is 31.4 Å². The Bertz CT molecular complexity index is 5420. The Balaban J connectivity index is 1.03. The Hall–Kier alpha value is -13.9. The lowest BCUT2D eigenvalue weighted by Crippen LogP contribution is -2.62. The largest absolute Gasteiger partial charge is 0.508 e. The standard InChI is InChI=1S/C93H124N20O25S/c1-5-7-19-70-85(130)100-60(30-32-94)81(126)107-68(80(125)98-44-75(95)117)49-139-50-76(118)99-64(36-51-24-26-55(115)27-25-51)91(136)111-34-14-13-22-71(111)87(132)105-66(41-78(121)122)92(137)112-35-15-23-72(112)86(131)102-62(37-52-31-33-96-42-52)82(127)101-61(28-29-77(119)120)90(135)113-46-56(116)40-74(113)88(133)103-63(38-53-43-97-59-18-11-9-16-57(53)59)83(128)106-67(48-114)84(129)104-65(89(134)109(4)73(20-8-6-2)93(138)108(70)3)39-54-45-110(47-79(123)124)69-21-12-10-17-58(54)69/h9-12,16-18,21,24-27,33,42-43,45,56,60-68,70-74,97,114-116H,5-8,13-15,19-20,22-23,28-32,34-41,44,46-50,94H2,1-4H3,(H2,95,117)(H,98,125)(H,99,118)(H,100,130)(H,101,127)(H,102,131)(H,103,133)(H,104,129)(H,105,132)(H,106,128)(H,107,126)(H,119,120)(H,121,122)(H,123,124)/t56-,60+,61+,62+,63+,64+,65+,66+,67+,68+,70+,71+,72+,73+,74+/m1/s1. The van der Waals surface area contributed by atoms with Crippen LogP contribution in [0.1, 0.15) is 146 Å². The van der Waals surface area contributed by atoms with Crippen LogP contribution in [0.4, 0.5) is 0 Å². The number of aliphatic hydroxyl groups is 2. The highest BCUT2D eigenvalue weighted by atomic mass is 32.2. The molecule has 2 aromatic heterocycles. The second kappa shape index (κ2) is 51.0. The number of aromatic hydroxyl groups is 1. The van der Waals surface area contributed by atoms with E-state index < -0.39 is 279 Å². The maximum atomic E-state index is 15.9. The second-order valence-electron chi connectivity index (χ2n) is 35.3. The molecule has 0 aliphatic carbocycles. The number of aliphatic imine (C=N–C) groups is 1. The third-order valence-corrected chi connectivity index (χ3v) is 26.2. The molecule has 0 unspecified atom stereocenters. The molecule has 46 heteroatoms. The number of nitrogens with one attached hydrogen (secondary N) is 11. The molecule has 0 bridgehead atoms. The van der Waals surface area contributed by atoms with Gasteiger partial charge in [0.25, 0.3) is 0 Å². The number of carboxylic acid groups (broad SMARTS) is 3. The molecule has 5 aromatic rings. The van der Waals surface area contributed by atoms with Crippen LogP contribution < -0.4 is 64.6 Å². The summed E-state index contributed by atoms with van der Waals surface area (Å²) in [6.07, 6.45) is 1.61. The van der Waals surface area contributed by atoms with Gasteiger partial charge in [0.2, 0.25) is 94.5 Å². The minimum Gasteiger partial charge on any atom is -0.508 e. The van der Waals surface area contributed by atoms with Crippen molar-refractivity contribution in [3.8, 4) is 5.75 Å². The van der Waals surface area contributed by atoms with E-state index in [9.17, 15) is 73.8 Å². The average Bonchev–Trinajstić information content (AvgIpc) is 1.74. The molecule has 7 heterocycles. The summed E-state index contributed by atoms with van der Waals surface area (Å²) < 4.78 is 1.39. The first-order valence-corrected chi connectivity index (χ1v) is 47.6. The summed E-state index contributed by atoms with van der Waals surface area (Å²) >= 11 is 0.753. The van der Waals surface area contributed by atoms with Gasteiger partial charge in [0, 0.05) is 125 Å². The Kier molecular flexibility index (Phi) is 39.3. The molecule has 752 valence electrons. The topological polar surface area (TPSA) is 667 Å².